The maximum atomic E-state index is 10.2. The quantitative estimate of drug-likeness (QED) is 0.834. The minimum atomic E-state index is -0.942. The van der Waals surface area contributed by atoms with Gasteiger partial charge in [-0.15, -0.1) is 17.0 Å². The molecule has 0 aliphatic rings. The van der Waals surface area contributed by atoms with Gasteiger partial charge in [-0.1, -0.05) is 0 Å². The average molecular weight is 364 g/mol. The van der Waals surface area contributed by atoms with Gasteiger partial charge in [-0.2, -0.15) is 0 Å². The van der Waals surface area contributed by atoms with Crippen molar-refractivity contribution >= 4 is 51.2 Å². The number of carboxylic acid groups (broad SMARTS) is 1. The van der Waals surface area contributed by atoms with E-state index in [0.29, 0.717) is 0 Å². The zero-order valence-electron chi connectivity index (χ0n) is 5.78. The van der Waals surface area contributed by atoms with Gasteiger partial charge in [-0.25, -0.2) is 4.79 Å². The molecule has 1 rings (SSSR count). The molecule has 1 aromatic heterocycles. The minimum Gasteiger partial charge on any atom is -0.478 e. The molecule has 0 unspecified atom stereocenters. The van der Waals surface area contributed by atoms with E-state index in [1.165, 1.54) is 18.5 Å². The highest BCUT2D eigenvalue weighted by atomic mass is 80.9. The summed E-state index contributed by atoms with van der Waals surface area (Å²) >= 11 is 5.50. The maximum Gasteiger partial charge on any atom is 0.337 e. The predicted octanol–water partition coefficient (Wildman–Crippen LogP) is 3.05. The first-order valence-electron chi connectivity index (χ1n) is 2.58. The van der Waals surface area contributed by atoms with Crippen molar-refractivity contribution < 1.29 is 9.90 Å². The van der Waals surface area contributed by atoms with Gasteiger partial charge in [0.2, 0.25) is 0 Å². The van der Waals surface area contributed by atoms with E-state index in [0.717, 1.165) is 0 Å². The maximum absolute atomic E-state index is 10.2. The van der Waals surface area contributed by atoms with Gasteiger partial charge in [0.15, 0.2) is 0 Å². The van der Waals surface area contributed by atoms with Crippen molar-refractivity contribution in [2.45, 2.75) is 0 Å². The van der Waals surface area contributed by atoms with Crippen molar-refractivity contribution in [2.24, 2.45) is 0 Å². The summed E-state index contributed by atoms with van der Waals surface area (Å²) in [6, 6.07) is 3.08. The third-order valence-electron chi connectivity index (χ3n) is 0.908. The molecule has 0 aliphatic carbocycles. The van der Waals surface area contributed by atoms with E-state index in [1.807, 2.05) is 0 Å². The van der Waals surface area contributed by atoms with Crippen LogP contribution in [0.3, 0.4) is 0 Å². The Labute approximate surface area is 95.8 Å². The van der Waals surface area contributed by atoms with Crippen LogP contribution in [-0.2, 0) is 0 Å². The van der Waals surface area contributed by atoms with E-state index >= 15 is 0 Å². The van der Waals surface area contributed by atoms with Gasteiger partial charge < -0.3 is 5.11 Å². The van der Waals surface area contributed by atoms with E-state index in [1.54, 1.807) is 6.07 Å². The van der Waals surface area contributed by atoms with Crippen LogP contribution in [0.25, 0.3) is 0 Å². The summed E-state index contributed by atoms with van der Waals surface area (Å²) in [6.07, 6.45) is 2.84. The fourth-order valence-corrected chi connectivity index (χ4v) is 0.489. The Morgan fingerprint density at radius 3 is 2.33 bits per heavy atom. The molecule has 0 fully saturated rings. The summed E-state index contributed by atoms with van der Waals surface area (Å²) in [5.74, 6) is -0.942. The number of carbonyl (C=O) groups is 1. The molecule has 68 valence electrons. The van der Waals surface area contributed by atoms with Gasteiger partial charge in [0.1, 0.15) is 0 Å². The van der Waals surface area contributed by atoms with E-state index in [-0.39, 0.29) is 22.5 Å². The van der Waals surface area contributed by atoms with Gasteiger partial charge >= 0.3 is 5.97 Å². The molecule has 6 heteroatoms. The molecule has 1 aromatic rings. The number of hydrogen-bond acceptors (Lipinski definition) is 2. The molecule has 0 atom stereocenters. The monoisotopic (exact) mass is 361 g/mol. The number of aromatic carboxylic acids is 1. The molecule has 0 bridgehead atoms. The summed E-state index contributed by atoms with van der Waals surface area (Å²) in [5.41, 5.74) is 0.220. The number of pyridine rings is 1. The van der Waals surface area contributed by atoms with Gasteiger partial charge in [-0.05, 0) is 12.1 Å². The zero-order chi connectivity index (χ0) is 8.69. The van der Waals surface area contributed by atoms with Crippen molar-refractivity contribution in [3.8, 4) is 0 Å². The first kappa shape index (κ1) is 14.6. The standard InChI is InChI=1S/C6H5NO2.Br2.BrH/c8-6(9)5-2-1-3-7-4-5;1-2;/h1-4H,(H,8,9);;1H. The average Bonchev–Trinajstić information content (AvgIpc) is 2.10. The number of halogens is 3. The lowest BCUT2D eigenvalue weighted by atomic mass is 10.3. The van der Waals surface area contributed by atoms with Crippen LogP contribution in [0.2, 0.25) is 0 Å². The molecule has 0 aliphatic heterocycles. The number of nitrogens with zero attached hydrogens (tertiary/aromatic N) is 1. The Balaban J connectivity index is 0. The molecule has 0 spiro atoms. The molecular weight excluding hydrogens is 358 g/mol. The van der Waals surface area contributed by atoms with Crippen molar-refractivity contribution in [1.29, 1.82) is 0 Å². The molecule has 0 saturated heterocycles. The van der Waals surface area contributed by atoms with Crippen molar-refractivity contribution in [2.75, 3.05) is 0 Å². The number of hydrogen-bond donors (Lipinski definition) is 1. The van der Waals surface area contributed by atoms with E-state index in [4.69, 9.17) is 5.11 Å². The summed E-state index contributed by atoms with van der Waals surface area (Å²) < 4.78 is 0. The third kappa shape index (κ3) is 5.68. The molecule has 0 aromatic carbocycles. The smallest absolute Gasteiger partial charge is 0.337 e. The highest BCUT2D eigenvalue weighted by molar-refractivity contribution is 9.93. The normalized spacial score (nSPS) is 7.17. The molecule has 0 radical (unpaired) electrons. The molecule has 12 heavy (non-hydrogen) atoms. The van der Waals surface area contributed by atoms with Crippen LogP contribution in [0.4, 0.5) is 0 Å². The molecule has 1 heterocycles. The van der Waals surface area contributed by atoms with Gasteiger partial charge in [0.05, 0.1) is 5.56 Å². The highest BCUT2D eigenvalue weighted by Crippen LogP contribution is 1.92. The van der Waals surface area contributed by atoms with Gasteiger partial charge in [0, 0.05) is 40.6 Å². The van der Waals surface area contributed by atoms with E-state index < -0.39 is 5.97 Å². The lowest BCUT2D eigenvalue weighted by molar-refractivity contribution is 0.0696. The minimum absolute atomic E-state index is 0. The van der Waals surface area contributed by atoms with Crippen LogP contribution < -0.4 is 0 Å². The zero-order valence-corrected chi connectivity index (χ0v) is 10.7. The molecule has 0 amide bonds. The van der Waals surface area contributed by atoms with Crippen LogP contribution in [0.5, 0.6) is 0 Å². The van der Waals surface area contributed by atoms with E-state index in [9.17, 15) is 4.79 Å². The summed E-state index contributed by atoms with van der Waals surface area (Å²) in [4.78, 5) is 13.8. The first-order chi connectivity index (χ1) is 5.30. The Bertz CT molecular complexity index is 217. The molecular formula is C6H6Br3NO2. The number of carboxylic acids is 1. The highest BCUT2D eigenvalue weighted by Gasteiger charge is 1.97. The Kier molecular flexibility index (Phi) is 11.1. The fourth-order valence-electron chi connectivity index (χ4n) is 0.489. The fraction of sp³-hybridized carbons (Fsp3) is 0. The topological polar surface area (TPSA) is 50.2 Å². The van der Waals surface area contributed by atoms with Crippen molar-refractivity contribution in [1.82, 2.24) is 4.98 Å². The van der Waals surface area contributed by atoms with Gasteiger partial charge in [-0.3, -0.25) is 4.98 Å². The summed E-state index contributed by atoms with van der Waals surface area (Å²) in [6.45, 7) is 0. The Morgan fingerprint density at radius 1 is 1.50 bits per heavy atom. The first-order valence-corrected chi connectivity index (χ1v) is 6.30. The SMILES string of the molecule is Br.BrBr.O=C(O)c1cccnc1. The number of rotatable bonds is 1. The molecule has 0 saturated carbocycles. The second-order valence-corrected chi connectivity index (χ2v) is 1.55. The Morgan fingerprint density at radius 2 is 2.08 bits per heavy atom. The second-order valence-electron chi connectivity index (χ2n) is 1.55. The van der Waals surface area contributed by atoms with Gasteiger partial charge in [0.25, 0.3) is 0 Å². The van der Waals surface area contributed by atoms with Crippen LogP contribution in [0.15, 0.2) is 24.5 Å². The van der Waals surface area contributed by atoms with Crippen molar-refractivity contribution in [3.05, 3.63) is 30.1 Å². The number of aromatic nitrogens is 1. The second kappa shape index (κ2) is 9.15. The summed E-state index contributed by atoms with van der Waals surface area (Å²) in [5, 5.41) is 8.34. The van der Waals surface area contributed by atoms with E-state index in [2.05, 4.69) is 33.2 Å². The largest absolute Gasteiger partial charge is 0.478 e. The predicted molar refractivity (Wildman–Crippen MR) is 59.4 cm³/mol. The third-order valence-corrected chi connectivity index (χ3v) is 0.908. The summed E-state index contributed by atoms with van der Waals surface area (Å²) in [7, 11) is 0. The lowest BCUT2D eigenvalue weighted by Gasteiger charge is -1.87. The van der Waals surface area contributed by atoms with Crippen LogP contribution in [0.1, 0.15) is 10.4 Å². The lowest BCUT2D eigenvalue weighted by Crippen LogP contribution is -1.94. The van der Waals surface area contributed by atoms with Crippen LogP contribution >= 0.6 is 45.2 Å². The van der Waals surface area contributed by atoms with Crippen molar-refractivity contribution in [3.63, 3.8) is 0 Å². The van der Waals surface area contributed by atoms with Crippen LogP contribution in [-0.4, -0.2) is 16.1 Å². The Hall–Kier alpha value is 0.0600. The molecule has 1 N–H and O–H groups in total. The molecule has 3 nitrogen and oxygen atoms in total. The van der Waals surface area contributed by atoms with Crippen LogP contribution in [0, 0.1) is 0 Å².